The molecule has 0 radical (unpaired) electrons. The summed E-state index contributed by atoms with van der Waals surface area (Å²) in [4.78, 5) is 31.7. The molecule has 0 amide bonds. The first-order valence-corrected chi connectivity index (χ1v) is 12.1. The molecule has 0 saturated carbocycles. The molecule has 0 spiro atoms. The highest BCUT2D eigenvalue weighted by Gasteiger charge is 2.34. The van der Waals surface area contributed by atoms with Gasteiger partial charge < -0.3 is 18.9 Å². The van der Waals surface area contributed by atoms with Gasteiger partial charge in [-0.15, -0.1) is 0 Å². The van der Waals surface area contributed by atoms with Crippen LogP contribution in [0.5, 0.6) is 17.2 Å². The number of methoxy groups -OCH3 is 2. The monoisotopic (exact) mass is 530 g/mol. The van der Waals surface area contributed by atoms with Crippen LogP contribution in [0, 0.1) is 0 Å². The van der Waals surface area contributed by atoms with Crippen LogP contribution in [-0.2, 0) is 9.53 Å². The highest BCUT2D eigenvalue weighted by molar-refractivity contribution is 7.07. The molecule has 2 aromatic carbocycles. The summed E-state index contributed by atoms with van der Waals surface area (Å²) in [5.74, 6) is -0.109. The number of hydrogen-bond acceptors (Lipinski definition) is 8. The van der Waals surface area contributed by atoms with Crippen LogP contribution in [0.25, 0.3) is 6.08 Å². The summed E-state index contributed by atoms with van der Waals surface area (Å²) >= 11 is 1.14. The first-order valence-electron chi connectivity index (χ1n) is 11.2. The number of fused-ring (bicyclic) bond motifs is 1. The predicted octanol–water partition coefficient (Wildman–Crippen LogP) is 3.42. The molecule has 2 heterocycles. The number of carbonyl (C=O) groups excluding carboxylic acids is 1. The van der Waals surface area contributed by atoms with Gasteiger partial charge in [-0.25, -0.2) is 9.79 Å². The molecule has 3 aromatic rings. The van der Waals surface area contributed by atoms with Gasteiger partial charge in [0.2, 0.25) is 0 Å². The quantitative estimate of drug-likeness (QED) is 0.415. The SMILES string of the molecule is CCOC(=O)C1=C(C)N=c2s/c(=C/c3ccc(OC(F)F)c(OC)c3)c(=O)n2[C@H]1c1ccccc1OC. The zero-order valence-corrected chi connectivity index (χ0v) is 21.3. The minimum absolute atomic E-state index is 0.0918. The van der Waals surface area contributed by atoms with Crippen LogP contribution in [-0.4, -0.2) is 38.0 Å². The number of aromatic nitrogens is 1. The van der Waals surface area contributed by atoms with E-state index in [1.54, 1.807) is 44.2 Å². The third-order valence-corrected chi connectivity index (χ3v) is 6.63. The number of alkyl halides is 2. The van der Waals surface area contributed by atoms with Gasteiger partial charge in [0.05, 0.1) is 36.6 Å². The van der Waals surface area contributed by atoms with Crippen LogP contribution in [0.1, 0.15) is 31.0 Å². The summed E-state index contributed by atoms with van der Waals surface area (Å²) in [5, 5.41) is 0. The average Bonchev–Trinajstić information content (AvgIpc) is 3.17. The lowest BCUT2D eigenvalue weighted by molar-refractivity contribution is -0.139. The maximum absolute atomic E-state index is 13.7. The number of para-hydroxylation sites is 1. The molecule has 1 aliphatic heterocycles. The largest absolute Gasteiger partial charge is 0.496 e. The lowest BCUT2D eigenvalue weighted by atomic mass is 9.95. The minimum Gasteiger partial charge on any atom is -0.496 e. The van der Waals surface area contributed by atoms with Gasteiger partial charge in [0.25, 0.3) is 5.56 Å². The van der Waals surface area contributed by atoms with E-state index < -0.39 is 18.6 Å². The highest BCUT2D eigenvalue weighted by Crippen LogP contribution is 2.35. The van der Waals surface area contributed by atoms with E-state index in [9.17, 15) is 18.4 Å². The van der Waals surface area contributed by atoms with E-state index in [1.165, 1.54) is 37.0 Å². The first kappa shape index (κ1) is 26.1. The van der Waals surface area contributed by atoms with Gasteiger partial charge in [0, 0.05) is 5.56 Å². The van der Waals surface area contributed by atoms with E-state index >= 15 is 0 Å². The molecule has 37 heavy (non-hydrogen) atoms. The second-order valence-corrected chi connectivity index (χ2v) is 8.84. The zero-order chi connectivity index (χ0) is 26.7. The van der Waals surface area contributed by atoms with E-state index in [0.29, 0.717) is 31.9 Å². The number of allylic oxidation sites excluding steroid dienone is 1. The number of thiazole rings is 1. The molecule has 4 rings (SSSR count). The normalized spacial score (nSPS) is 15.3. The maximum Gasteiger partial charge on any atom is 0.387 e. The number of esters is 1. The smallest absolute Gasteiger partial charge is 0.387 e. The molecule has 0 fully saturated rings. The Kier molecular flexibility index (Phi) is 7.72. The molecule has 0 saturated heterocycles. The fourth-order valence-electron chi connectivity index (χ4n) is 4.10. The van der Waals surface area contributed by atoms with Crippen molar-refractivity contribution in [3.05, 3.63) is 84.5 Å². The topological polar surface area (TPSA) is 88.4 Å². The van der Waals surface area contributed by atoms with E-state index in [2.05, 4.69) is 9.73 Å². The van der Waals surface area contributed by atoms with Crippen LogP contribution in [0.3, 0.4) is 0 Å². The third kappa shape index (κ3) is 5.12. The van der Waals surface area contributed by atoms with Crippen molar-refractivity contribution in [1.82, 2.24) is 4.57 Å². The number of benzene rings is 2. The molecule has 8 nitrogen and oxygen atoms in total. The predicted molar refractivity (Wildman–Crippen MR) is 133 cm³/mol. The van der Waals surface area contributed by atoms with Gasteiger partial charge >= 0.3 is 12.6 Å². The van der Waals surface area contributed by atoms with Gasteiger partial charge in [-0.2, -0.15) is 8.78 Å². The maximum atomic E-state index is 13.7. The number of halogens is 2. The average molecular weight is 531 g/mol. The molecular formula is C26H24F2N2O6S. The van der Waals surface area contributed by atoms with Gasteiger partial charge in [0.1, 0.15) is 11.8 Å². The Bertz CT molecular complexity index is 1540. The summed E-state index contributed by atoms with van der Waals surface area (Å²) < 4.78 is 47.6. The molecule has 11 heteroatoms. The Labute approximate surface area is 214 Å². The Morgan fingerprint density at radius 3 is 2.54 bits per heavy atom. The summed E-state index contributed by atoms with van der Waals surface area (Å²) in [6.45, 7) is 0.548. The Balaban J connectivity index is 1.91. The fraction of sp³-hybridized carbons (Fsp3) is 0.269. The number of rotatable bonds is 8. The molecule has 194 valence electrons. The number of ether oxygens (including phenoxy) is 4. The summed E-state index contributed by atoms with van der Waals surface area (Å²) in [6, 6.07) is 10.7. The van der Waals surface area contributed by atoms with Crippen molar-refractivity contribution in [2.75, 3.05) is 20.8 Å². The van der Waals surface area contributed by atoms with Crippen molar-refractivity contribution in [3.63, 3.8) is 0 Å². The van der Waals surface area contributed by atoms with Crippen molar-refractivity contribution in [1.29, 1.82) is 0 Å². The third-order valence-electron chi connectivity index (χ3n) is 5.65. The number of hydrogen-bond donors (Lipinski definition) is 0. The Morgan fingerprint density at radius 2 is 1.86 bits per heavy atom. The number of nitrogens with zero attached hydrogens (tertiary/aromatic N) is 2. The van der Waals surface area contributed by atoms with Crippen LogP contribution < -0.4 is 29.1 Å². The molecule has 1 atom stereocenters. The van der Waals surface area contributed by atoms with Crippen LogP contribution in [0.4, 0.5) is 8.78 Å². The summed E-state index contributed by atoms with van der Waals surface area (Å²) in [5.41, 5.74) is 1.41. The highest BCUT2D eigenvalue weighted by atomic mass is 32.1. The first-order chi connectivity index (χ1) is 17.8. The lowest BCUT2D eigenvalue weighted by Crippen LogP contribution is -2.40. The molecule has 0 bridgehead atoms. The van der Waals surface area contributed by atoms with E-state index in [0.717, 1.165) is 11.3 Å². The van der Waals surface area contributed by atoms with Crippen LogP contribution in [0.2, 0.25) is 0 Å². The molecular weight excluding hydrogens is 506 g/mol. The fourth-order valence-corrected chi connectivity index (χ4v) is 5.14. The van der Waals surface area contributed by atoms with Gasteiger partial charge in [-0.3, -0.25) is 9.36 Å². The van der Waals surface area contributed by atoms with E-state index in [-0.39, 0.29) is 29.2 Å². The summed E-state index contributed by atoms with van der Waals surface area (Å²) in [7, 11) is 2.84. The van der Waals surface area contributed by atoms with Crippen molar-refractivity contribution in [2.45, 2.75) is 26.5 Å². The molecule has 0 aliphatic carbocycles. The van der Waals surface area contributed by atoms with Crippen molar-refractivity contribution in [3.8, 4) is 17.2 Å². The van der Waals surface area contributed by atoms with Crippen LogP contribution in [0.15, 0.2) is 63.5 Å². The lowest BCUT2D eigenvalue weighted by Gasteiger charge is -2.25. The van der Waals surface area contributed by atoms with E-state index in [1.807, 2.05) is 0 Å². The molecule has 1 aromatic heterocycles. The van der Waals surface area contributed by atoms with Gasteiger partial charge in [-0.1, -0.05) is 35.6 Å². The molecule has 0 unspecified atom stereocenters. The molecule has 0 N–H and O–H groups in total. The Hall–Kier alpha value is -3.99. The van der Waals surface area contributed by atoms with Gasteiger partial charge in [-0.05, 0) is 43.7 Å². The standard InChI is InChI=1S/C26H24F2N2O6S/c1-5-35-24(32)21-14(2)29-26-30(22(21)16-8-6-7-9-17(16)33-3)23(31)20(37-26)13-15-10-11-18(36-25(27)28)19(12-15)34-4/h6-13,22,25H,5H2,1-4H3/b20-13+/t22-/m0/s1. The van der Waals surface area contributed by atoms with E-state index in [4.69, 9.17) is 14.2 Å². The summed E-state index contributed by atoms with van der Waals surface area (Å²) in [6.07, 6.45) is 1.60. The van der Waals surface area contributed by atoms with Crippen LogP contribution >= 0.6 is 11.3 Å². The number of carbonyl (C=O) groups is 1. The minimum atomic E-state index is -3.00. The zero-order valence-electron chi connectivity index (χ0n) is 20.5. The van der Waals surface area contributed by atoms with Crippen molar-refractivity contribution in [2.24, 2.45) is 4.99 Å². The second kappa shape index (κ2) is 11.0. The van der Waals surface area contributed by atoms with Crippen molar-refractivity contribution < 1.29 is 32.5 Å². The molecule has 1 aliphatic rings. The second-order valence-electron chi connectivity index (χ2n) is 7.83. The Morgan fingerprint density at radius 1 is 1.14 bits per heavy atom. The van der Waals surface area contributed by atoms with Gasteiger partial charge in [0.15, 0.2) is 16.3 Å². The van der Waals surface area contributed by atoms with Crippen molar-refractivity contribution >= 4 is 23.4 Å².